The number of rotatable bonds is 8. The van der Waals surface area contributed by atoms with Crippen molar-refractivity contribution >= 4 is 8.80 Å². The molecule has 0 spiro atoms. The Morgan fingerprint density at radius 1 is 1.33 bits per heavy atom. The van der Waals surface area contributed by atoms with Crippen molar-refractivity contribution in [2.45, 2.75) is 52.3 Å². The zero-order valence-electron chi connectivity index (χ0n) is 14.0. The summed E-state index contributed by atoms with van der Waals surface area (Å²) in [7, 11) is -2.58. The second kappa shape index (κ2) is 9.58. The molecule has 0 amide bonds. The van der Waals surface area contributed by atoms with E-state index in [0.717, 1.165) is 25.6 Å². The third-order valence-electron chi connectivity index (χ3n) is 3.46. The van der Waals surface area contributed by atoms with E-state index in [1.165, 1.54) is 0 Å². The number of ether oxygens (including phenoxy) is 1. The molecule has 1 saturated heterocycles. The molecule has 124 valence electrons. The lowest BCUT2D eigenvalue weighted by Crippen LogP contribution is -2.53. The Morgan fingerprint density at radius 2 is 2.00 bits per heavy atom. The van der Waals surface area contributed by atoms with Crippen molar-refractivity contribution in [2.24, 2.45) is 0 Å². The summed E-state index contributed by atoms with van der Waals surface area (Å²) in [5, 5.41) is 0. The average molecular weight is 318 g/mol. The Hall–Kier alpha value is -0.403. The maximum atomic E-state index is 6.32. The van der Waals surface area contributed by atoms with E-state index in [1.54, 1.807) is 0 Å². The topological polar surface area (TPSA) is 40.2 Å². The molecule has 0 aliphatic carbocycles. The lowest BCUT2D eigenvalue weighted by molar-refractivity contribution is -0.0344. The predicted octanol–water partition coefficient (Wildman–Crippen LogP) is 2.66. The van der Waals surface area contributed by atoms with Gasteiger partial charge in [-0.3, -0.25) is 0 Å². The van der Waals surface area contributed by atoms with Crippen LogP contribution >= 0.6 is 0 Å². The first kappa shape index (κ1) is 18.6. The van der Waals surface area contributed by atoms with Crippen molar-refractivity contribution < 1.29 is 18.0 Å². The van der Waals surface area contributed by atoms with Gasteiger partial charge in [0.1, 0.15) is 0 Å². The molecule has 1 fully saturated rings. The van der Waals surface area contributed by atoms with Crippen LogP contribution in [-0.4, -0.2) is 58.8 Å². The molecule has 0 aromatic carbocycles. The molecule has 0 radical (unpaired) electrons. The highest BCUT2D eigenvalue weighted by Gasteiger charge is 2.43. The van der Waals surface area contributed by atoms with Gasteiger partial charge in [-0.1, -0.05) is 6.58 Å². The lowest BCUT2D eigenvalue weighted by Gasteiger charge is -2.37. The zero-order valence-corrected chi connectivity index (χ0v) is 15.0. The highest BCUT2D eigenvalue weighted by Crippen LogP contribution is 2.23. The Morgan fingerprint density at radius 3 is 2.52 bits per heavy atom. The van der Waals surface area contributed by atoms with Gasteiger partial charge < -0.3 is 22.9 Å². The van der Waals surface area contributed by atoms with Crippen LogP contribution in [0.15, 0.2) is 12.8 Å². The summed E-state index contributed by atoms with van der Waals surface area (Å²) in [6.07, 6.45) is 2.74. The van der Waals surface area contributed by atoms with E-state index in [1.807, 2.05) is 20.0 Å². The van der Waals surface area contributed by atoms with Gasteiger partial charge in [-0.2, -0.15) is 0 Å². The molecule has 0 aromatic heterocycles. The van der Waals surface area contributed by atoms with Crippen molar-refractivity contribution in [1.82, 2.24) is 4.90 Å². The third kappa shape index (κ3) is 6.08. The summed E-state index contributed by atoms with van der Waals surface area (Å²) >= 11 is 0. The molecule has 0 N–H and O–H groups in total. The van der Waals surface area contributed by atoms with Crippen molar-refractivity contribution in [3.63, 3.8) is 0 Å². The molecule has 1 rings (SSSR count). The van der Waals surface area contributed by atoms with Crippen LogP contribution in [-0.2, 0) is 18.0 Å². The van der Waals surface area contributed by atoms with Crippen LogP contribution < -0.4 is 0 Å². The minimum Gasteiger partial charge on any atom is -0.379 e. The van der Waals surface area contributed by atoms with E-state index >= 15 is 0 Å². The summed E-state index contributed by atoms with van der Waals surface area (Å²) in [4.78, 5) is 2.16. The molecular formula is C15H31NO4Si. The van der Waals surface area contributed by atoms with Crippen LogP contribution in [0.5, 0.6) is 0 Å². The first-order valence-electron chi connectivity index (χ1n) is 7.98. The van der Waals surface area contributed by atoms with Gasteiger partial charge >= 0.3 is 8.80 Å². The number of hydrogen-bond acceptors (Lipinski definition) is 5. The van der Waals surface area contributed by atoms with Gasteiger partial charge in [-0.15, -0.1) is 0 Å². The van der Waals surface area contributed by atoms with Gasteiger partial charge in [0.25, 0.3) is 0 Å². The Bertz CT molecular complexity index is 295. The normalized spacial score (nSPS) is 22.6. The van der Waals surface area contributed by atoms with Gasteiger partial charge in [-0.25, -0.2) is 0 Å². The van der Waals surface area contributed by atoms with Gasteiger partial charge in [0.2, 0.25) is 0 Å². The maximum Gasteiger partial charge on any atom is 0.501 e. The van der Waals surface area contributed by atoms with E-state index in [4.69, 9.17) is 18.0 Å². The van der Waals surface area contributed by atoms with Crippen molar-refractivity contribution in [3.05, 3.63) is 12.8 Å². The summed E-state index contributed by atoms with van der Waals surface area (Å²) in [6, 6.07) is 1.20. The molecule has 0 aromatic rings. The molecule has 1 aliphatic heterocycles. The van der Waals surface area contributed by atoms with Gasteiger partial charge in [0, 0.05) is 38.5 Å². The molecule has 21 heavy (non-hydrogen) atoms. The maximum absolute atomic E-state index is 6.32. The quantitative estimate of drug-likeness (QED) is 0.644. The number of nitrogens with zero attached hydrogens (tertiary/aromatic N) is 1. The van der Waals surface area contributed by atoms with Crippen LogP contribution in [0.3, 0.4) is 0 Å². The van der Waals surface area contributed by atoms with Crippen LogP contribution in [0.25, 0.3) is 0 Å². The minimum absolute atomic E-state index is 0.0459. The Kier molecular flexibility index (Phi) is 8.51. The van der Waals surface area contributed by atoms with E-state index in [-0.39, 0.29) is 6.10 Å². The van der Waals surface area contributed by atoms with Crippen LogP contribution in [0.1, 0.15) is 34.1 Å². The number of hydrogen-bond donors (Lipinski definition) is 0. The van der Waals surface area contributed by atoms with Gasteiger partial charge in [0.15, 0.2) is 0 Å². The standard InChI is InChI=1S/C15H31NO4Si/c1-6-16(14(4)5)12-15-13-17-10-9-11-21(20-15,18-7-2)19-8-3/h6,14-15H,1,7-13H2,2-5H3. The van der Waals surface area contributed by atoms with E-state index in [9.17, 15) is 0 Å². The molecule has 5 nitrogen and oxygen atoms in total. The zero-order chi connectivity index (χ0) is 15.7. The van der Waals surface area contributed by atoms with Crippen molar-refractivity contribution in [3.8, 4) is 0 Å². The van der Waals surface area contributed by atoms with Crippen molar-refractivity contribution in [1.29, 1.82) is 0 Å². The molecule has 1 unspecified atom stereocenters. The van der Waals surface area contributed by atoms with Crippen molar-refractivity contribution in [2.75, 3.05) is 33.0 Å². The van der Waals surface area contributed by atoms with E-state index in [0.29, 0.717) is 25.9 Å². The fraction of sp³-hybridized carbons (Fsp3) is 0.867. The Labute approximate surface area is 130 Å². The summed E-state index contributed by atoms with van der Waals surface area (Å²) < 4.78 is 23.9. The second-order valence-corrected chi connectivity index (χ2v) is 8.12. The summed E-state index contributed by atoms with van der Waals surface area (Å²) in [6.45, 7) is 15.4. The molecule has 0 bridgehead atoms. The summed E-state index contributed by atoms with van der Waals surface area (Å²) in [5.41, 5.74) is 0. The largest absolute Gasteiger partial charge is 0.501 e. The highest BCUT2D eigenvalue weighted by molar-refractivity contribution is 6.60. The molecule has 1 aliphatic rings. The smallest absolute Gasteiger partial charge is 0.379 e. The lowest BCUT2D eigenvalue weighted by atomic mass is 10.3. The van der Waals surface area contributed by atoms with Gasteiger partial charge in [-0.05, 0) is 40.3 Å². The predicted molar refractivity (Wildman–Crippen MR) is 86.2 cm³/mol. The van der Waals surface area contributed by atoms with Gasteiger partial charge in [0.05, 0.1) is 12.7 Å². The molecular weight excluding hydrogens is 286 g/mol. The van der Waals surface area contributed by atoms with Crippen LogP contribution in [0, 0.1) is 0 Å². The average Bonchev–Trinajstić information content (AvgIpc) is 2.41. The molecule has 6 heteroatoms. The molecule has 0 saturated carbocycles. The first-order chi connectivity index (χ1) is 10.1. The minimum atomic E-state index is -2.58. The van der Waals surface area contributed by atoms with E-state index < -0.39 is 8.80 Å². The Balaban J connectivity index is 2.78. The SMILES string of the molecule is C=CN(CC1COCCC[Si](OCC)(OCC)O1)C(C)C. The van der Waals surface area contributed by atoms with E-state index in [2.05, 4.69) is 25.3 Å². The highest BCUT2D eigenvalue weighted by atomic mass is 28.4. The summed E-state index contributed by atoms with van der Waals surface area (Å²) in [5.74, 6) is 0. The third-order valence-corrected chi connectivity index (χ3v) is 6.58. The monoisotopic (exact) mass is 317 g/mol. The van der Waals surface area contributed by atoms with Crippen LogP contribution in [0.4, 0.5) is 0 Å². The fourth-order valence-electron chi connectivity index (χ4n) is 2.47. The fourth-order valence-corrected chi connectivity index (χ4v) is 5.20. The first-order valence-corrected chi connectivity index (χ1v) is 9.91. The molecule has 1 atom stereocenters. The second-order valence-electron chi connectivity index (χ2n) is 5.44. The molecule has 1 heterocycles. The van der Waals surface area contributed by atoms with Crippen LogP contribution in [0.2, 0.25) is 6.04 Å².